The van der Waals surface area contributed by atoms with Gasteiger partial charge in [-0.15, -0.1) is 10.2 Å². The zero-order valence-corrected chi connectivity index (χ0v) is 15.7. The summed E-state index contributed by atoms with van der Waals surface area (Å²) in [5, 5.41) is 27.1. The van der Waals surface area contributed by atoms with Crippen LogP contribution in [0, 0.1) is 24.0 Å². The van der Waals surface area contributed by atoms with Gasteiger partial charge in [0.2, 0.25) is 4.96 Å². The lowest BCUT2D eigenvalue weighted by atomic mass is 10.1. The van der Waals surface area contributed by atoms with Crippen molar-refractivity contribution in [2.24, 2.45) is 0 Å². The topological polar surface area (TPSA) is 115 Å². The number of hydrogen-bond acceptors (Lipinski definition) is 7. The normalized spacial score (nSPS) is 10.9. The van der Waals surface area contributed by atoms with Gasteiger partial charge in [-0.2, -0.15) is 9.61 Å². The number of rotatable bonds is 4. The number of benzene rings is 2. The van der Waals surface area contributed by atoms with Crippen LogP contribution in [0.1, 0.15) is 21.7 Å². The first kappa shape index (κ1) is 17.7. The Hall–Kier alpha value is -3.66. The van der Waals surface area contributed by atoms with E-state index in [2.05, 4.69) is 20.6 Å². The molecular formula is C18H14N6O3S. The Morgan fingerprint density at radius 1 is 1.18 bits per heavy atom. The number of carbonyl (C=O) groups is 1. The molecule has 0 saturated carbocycles. The Balaban J connectivity index is 1.62. The van der Waals surface area contributed by atoms with Crippen LogP contribution in [-0.4, -0.2) is 30.6 Å². The molecule has 0 spiro atoms. The molecule has 0 radical (unpaired) electrons. The van der Waals surface area contributed by atoms with Gasteiger partial charge >= 0.3 is 0 Å². The molecule has 0 bridgehead atoms. The monoisotopic (exact) mass is 394 g/mol. The first-order valence-corrected chi connectivity index (χ1v) is 9.10. The number of nitro groups is 1. The molecule has 0 unspecified atom stereocenters. The van der Waals surface area contributed by atoms with Gasteiger partial charge in [0.25, 0.3) is 11.6 Å². The quantitative estimate of drug-likeness (QED) is 0.417. The fraction of sp³-hybridized carbons (Fsp3) is 0.111. The smallest absolute Gasteiger partial charge is 0.273 e. The molecule has 140 valence electrons. The lowest BCUT2D eigenvalue weighted by Crippen LogP contribution is -2.14. The predicted octanol–water partition coefficient (Wildman–Crippen LogP) is 3.63. The Labute approximate surface area is 162 Å². The number of hydrogen-bond donors (Lipinski definition) is 1. The summed E-state index contributed by atoms with van der Waals surface area (Å²) in [6.45, 7) is 3.38. The number of aromatic nitrogens is 4. The van der Waals surface area contributed by atoms with Crippen molar-refractivity contribution in [3.05, 3.63) is 69.5 Å². The van der Waals surface area contributed by atoms with Gasteiger partial charge in [-0.05, 0) is 32.0 Å². The van der Waals surface area contributed by atoms with E-state index in [0.29, 0.717) is 22.0 Å². The maximum Gasteiger partial charge on any atom is 0.273 e. The maximum absolute atomic E-state index is 12.6. The second-order valence-electron chi connectivity index (χ2n) is 6.09. The fourth-order valence-electron chi connectivity index (χ4n) is 2.83. The molecule has 0 aliphatic heterocycles. The van der Waals surface area contributed by atoms with E-state index in [4.69, 9.17) is 0 Å². The van der Waals surface area contributed by atoms with Crippen LogP contribution in [0.3, 0.4) is 0 Å². The third-order valence-electron chi connectivity index (χ3n) is 4.26. The lowest BCUT2D eigenvalue weighted by Gasteiger charge is -2.09. The maximum atomic E-state index is 12.6. The molecule has 0 fully saturated rings. The van der Waals surface area contributed by atoms with Crippen molar-refractivity contribution in [2.45, 2.75) is 13.8 Å². The van der Waals surface area contributed by atoms with Gasteiger partial charge in [-0.1, -0.05) is 29.5 Å². The summed E-state index contributed by atoms with van der Waals surface area (Å²) in [7, 11) is 0. The molecule has 0 aliphatic rings. The molecule has 10 heteroatoms. The summed E-state index contributed by atoms with van der Waals surface area (Å²) < 4.78 is 1.66. The minimum atomic E-state index is -0.498. The summed E-state index contributed by atoms with van der Waals surface area (Å²) in [5.41, 5.74) is 1.88. The van der Waals surface area contributed by atoms with Crippen molar-refractivity contribution in [2.75, 3.05) is 5.32 Å². The zero-order chi connectivity index (χ0) is 19.8. The third kappa shape index (κ3) is 3.09. The number of carbonyl (C=O) groups excluding carboxylic acids is 1. The van der Waals surface area contributed by atoms with Crippen molar-refractivity contribution in [3.63, 3.8) is 0 Å². The van der Waals surface area contributed by atoms with Gasteiger partial charge < -0.3 is 5.32 Å². The summed E-state index contributed by atoms with van der Waals surface area (Å²) in [6.07, 6.45) is 0. The van der Waals surface area contributed by atoms with Crippen molar-refractivity contribution < 1.29 is 9.72 Å². The summed E-state index contributed by atoms with van der Waals surface area (Å²) in [5.74, 6) is 0.287. The average molecular weight is 394 g/mol. The van der Waals surface area contributed by atoms with Crippen molar-refractivity contribution in [1.29, 1.82) is 0 Å². The molecule has 1 N–H and O–H groups in total. The van der Waals surface area contributed by atoms with E-state index in [1.54, 1.807) is 35.7 Å². The van der Waals surface area contributed by atoms with Crippen LogP contribution in [0.15, 0.2) is 42.5 Å². The summed E-state index contributed by atoms with van der Waals surface area (Å²) in [6, 6.07) is 11.7. The van der Waals surface area contributed by atoms with Gasteiger partial charge in [0.15, 0.2) is 5.82 Å². The number of nitro benzene ring substituents is 1. The van der Waals surface area contributed by atoms with Crippen LogP contribution in [0.2, 0.25) is 0 Å². The van der Waals surface area contributed by atoms with E-state index in [1.807, 2.05) is 13.0 Å². The van der Waals surface area contributed by atoms with Gasteiger partial charge in [-0.3, -0.25) is 14.9 Å². The van der Waals surface area contributed by atoms with E-state index in [-0.39, 0.29) is 11.3 Å². The Morgan fingerprint density at radius 2 is 1.96 bits per heavy atom. The Bertz CT molecular complexity index is 1230. The lowest BCUT2D eigenvalue weighted by molar-refractivity contribution is -0.385. The number of nitrogens with one attached hydrogen (secondary N) is 1. The molecule has 4 aromatic rings. The number of amides is 1. The third-order valence-corrected chi connectivity index (χ3v) is 5.21. The van der Waals surface area contributed by atoms with Crippen LogP contribution in [0.5, 0.6) is 0 Å². The SMILES string of the molecule is Cc1c(C(=O)Nc2cccc(-c3nn4c(C)nnc4s3)c2)cccc1[N+](=O)[O-]. The number of aryl methyl sites for hydroxylation is 1. The van der Waals surface area contributed by atoms with E-state index >= 15 is 0 Å². The number of anilines is 1. The molecule has 0 aliphatic carbocycles. The molecule has 2 heterocycles. The molecular weight excluding hydrogens is 380 g/mol. The van der Waals surface area contributed by atoms with Crippen molar-refractivity contribution in [1.82, 2.24) is 19.8 Å². The molecule has 2 aromatic heterocycles. The number of nitrogens with zero attached hydrogens (tertiary/aromatic N) is 5. The standard InChI is InChI=1S/C18H14N6O3S/c1-10-14(7-4-8-15(10)24(26)27)16(25)19-13-6-3-5-12(9-13)17-22-23-11(2)20-21-18(23)28-17/h3-9H,1-2H3,(H,19,25). The fourth-order valence-corrected chi connectivity index (χ4v) is 3.71. The largest absolute Gasteiger partial charge is 0.322 e. The molecule has 9 nitrogen and oxygen atoms in total. The molecule has 28 heavy (non-hydrogen) atoms. The summed E-state index contributed by atoms with van der Waals surface area (Å²) in [4.78, 5) is 23.9. The van der Waals surface area contributed by atoms with E-state index in [0.717, 1.165) is 10.6 Å². The molecule has 1 amide bonds. The first-order chi connectivity index (χ1) is 13.4. The molecule has 0 saturated heterocycles. The van der Waals surface area contributed by atoms with Crippen molar-refractivity contribution in [3.8, 4) is 10.6 Å². The second-order valence-corrected chi connectivity index (χ2v) is 7.05. The molecule has 0 atom stereocenters. The van der Waals surface area contributed by atoms with E-state index in [1.165, 1.54) is 23.5 Å². The predicted molar refractivity (Wildman–Crippen MR) is 105 cm³/mol. The van der Waals surface area contributed by atoms with Gasteiger partial charge in [0.1, 0.15) is 5.01 Å². The van der Waals surface area contributed by atoms with E-state index in [9.17, 15) is 14.9 Å². The second kappa shape index (κ2) is 6.82. The van der Waals surface area contributed by atoms with Gasteiger partial charge in [-0.25, -0.2) is 0 Å². The van der Waals surface area contributed by atoms with Crippen LogP contribution >= 0.6 is 11.3 Å². The number of fused-ring (bicyclic) bond motifs is 1. The van der Waals surface area contributed by atoms with E-state index < -0.39 is 10.8 Å². The molecule has 2 aromatic carbocycles. The van der Waals surface area contributed by atoms with Crippen LogP contribution < -0.4 is 5.32 Å². The minimum Gasteiger partial charge on any atom is -0.322 e. The van der Waals surface area contributed by atoms with Crippen LogP contribution in [-0.2, 0) is 0 Å². The first-order valence-electron chi connectivity index (χ1n) is 8.28. The van der Waals surface area contributed by atoms with Gasteiger partial charge in [0, 0.05) is 28.4 Å². The minimum absolute atomic E-state index is 0.0866. The van der Waals surface area contributed by atoms with Gasteiger partial charge in [0.05, 0.1) is 4.92 Å². The highest BCUT2D eigenvalue weighted by Crippen LogP contribution is 2.28. The van der Waals surface area contributed by atoms with Crippen LogP contribution in [0.25, 0.3) is 15.5 Å². The highest BCUT2D eigenvalue weighted by molar-refractivity contribution is 7.19. The van der Waals surface area contributed by atoms with Crippen LogP contribution in [0.4, 0.5) is 11.4 Å². The van der Waals surface area contributed by atoms with Crippen molar-refractivity contribution >= 4 is 33.6 Å². The Morgan fingerprint density at radius 3 is 2.71 bits per heavy atom. The summed E-state index contributed by atoms with van der Waals surface area (Å²) >= 11 is 1.39. The Kier molecular flexibility index (Phi) is 4.32. The molecule has 4 rings (SSSR count). The highest BCUT2D eigenvalue weighted by Gasteiger charge is 2.18. The zero-order valence-electron chi connectivity index (χ0n) is 14.9. The average Bonchev–Trinajstić information content (AvgIpc) is 3.24. The highest BCUT2D eigenvalue weighted by atomic mass is 32.1.